The highest BCUT2D eigenvalue weighted by molar-refractivity contribution is 5.29. The van der Waals surface area contributed by atoms with Gasteiger partial charge in [0.2, 0.25) is 0 Å². The molecule has 1 aromatic carbocycles. The first-order valence-corrected chi connectivity index (χ1v) is 6.48. The maximum absolute atomic E-state index is 9.10. The van der Waals surface area contributed by atoms with Crippen LogP contribution in [-0.4, -0.2) is 51.4 Å². The van der Waals surface area contributed by atoms with E-state index in [0.29, 0.717) is 46.2 Å². The normalized spacial score (nSPS) is 10.6. The Morgan fingerprint density at radius 2 is 1.32 bits per heavy atom. The van der Waals surface area contributed by atoms with Gasteiger partial charge in [0.1, 0.15) is 18.1 Å². The van der Waals surface area contributed by atoms with E-state index in [1.165, 1.54) is 0 Å². The van der Waals surface area contributed by atoms with Crippen LogP contribution in [0.3, 0.4) is 0 Å². The average molecular weight is 270 g/mol. The number of hydrogen-bond acceptors (Lipinski definition) is 5. The van der Waals surface area contributed by atoms with Crippen molar-refractivity contribution in [3.05, 3.63) is 24.3 Å². The lowest BCUT2D eigenvalue weighted by molar-refractivity contribution is 0.0114. The third kappa shape index (κ3) is 8.42. The standard InChI is InChI=1S/C14H22O5/c1-2-16-7-8-17-9-10-18-11-12-19-14-5-3-13(15)4-6-14/h3-6,15H,2,7-12H2,1H3. The van der Waals surface area contributed by atoms with Crippen LogP contribution in [0.25, 0.3) is 0 Å². The van der Waals surface area contributed by atoms with Crippen LogP contribution in [-0.2, 0) is 14.2 Å². The molecule has 0 bridgehead atoms. The van der Waals surface area contributed by atoms with Gasteiger partial charge < -0.3 is 24.1 Å². The first-order valence-electron chi connectivity index (χ1n) is 6.48. The summed E-state index contributed by atoms with van der Waals surface area (Å²) in [5.41, 5.74) is 0. The van der Waals surface area contributed by atoms with E-state index in [9.17, 15) is 0 Å². The van der Waals surface area contributed by atoms with Gasteiger partial charge in [-0.25, -0.2) is 0 Å². The van der Waals surface area contributed by atoms with E-state index >= 15 is 0 Å². The molecule has 0 saturated carbocycles. The van der Waals surface area contributed by atoms with Crippen LogP contribution in [0.5, 0.6) is 11.5 Å². The van der Waals surface area contributed by atoms with Crippen LogP contribution in [0, 0.1) is 0 Å². The summed E-state index contributed by atoms with van der Waals surface area (Å²) in [4.78, 5) is 0. The second-order valence-electron chi connectivity index (χ2n) is 3.76. The van der Waals surface area contributed by atoms with Crippen molar-refractivity contribution in [3.63, 3.8) is 0 Å². The monoisotopic (exact) mass is 270 g/mol. The fourth-order valence-corrected chi connectivity index (χ4v) is 1.34. The van der Waals surface area contributed by atoms with Crippen LogP contribution in [0.2, 0.25) is 0 Å². The number of hydrogen-bond donors (Lipinski definition) is 1. The van der Waals surface area contributed by atoms with Crippen molar-refractivity contribution in [3.8, 4) is 11.5 Å². The topological polar surface area (TPSA) is 57.2 Å². The minimum Gasteiger partial charge on any atom is -0.508 e. The lowest BCUT2D eigenvalue weighted by Crippen LogP contribution is -2.12. The Kier molecular flexibility index (Phi) is 8.80. The third-order valence-corrected chi connectivity index (χ3v) is 2.28. The number of ether oxygens (including phenoxy) is 4. The highest BCUT2D eigenvalue weighted by Gasteiger charge is 1.94. The molecule has 0 amide bonds. The predicted molar refractivity (Wildman–Crippen MR) is 71.7 cm³/mol. The molecule has 0 spiro atoms. The van der Waals surface area contributed by atoms with Crippen molar-refractivity contribution in [1.29, 1.82) is 0 Å². The third-order valence-electron chi connectivity index (χ3n) is 2.28. The molecule has 0 aromatic heterocycles. The first-order chi connectivity index (χ1) is 9.33. The summed E-state index contributed by atoms with van der Waals surface area (Å²) in [6.45, 7) is 5.99. The summed E-state index contributed by atoms with van der Waals surface area (Å²) >= 11 is 0. The highest BCUT2D eigenvalue weighted by atomic mass is 16.6. The fourth-order valence-electron chi connectivity index (χ4n) is 1.34. The maximum atomic E-state index is 9.10. The van der Waals surface area contributed by atoms with E-state index in [1.807, 2.05) is 6.92 Å². The number of rotatable bonds is 11. The molecular formula is C14H22O5. The highest BCUT2D eigenvalue weighted by Crippen LogP contribution is 2.15. The Bertz CT molecular complexity index is 312. The van der Waals surface area contributed by atoms with Gasteiger partial charge in [-0.1, -0.05) is 0 Å². The summed E-state index contributed by atoms with van der Waals surface area (Å²) < 4.78 is 21.2. The Morgan fingerprint density at radius 3 is 1.89 bits per heavy atom. The lowest BCUT2D eigenvalue weighted by Gasteiger charge is -2.08. The molecule has 1 N–H and O–H groups in total. The van der Waals surface area contributed by atoms with Gasteiger partial charge in [0, 0.05) is 6.61 Å². The molecule has 1 aromatic rings. The van der Waals surface area contributed by atoms with Gasteiger partial charge >= 0.3 is 0 Å². The van der Waals surface area contributed by atoms with E-state index in [1.54, 1.807) is 24.3 Å². The maximum Gasteiger partial charge on any atom is 0.119 e. The largest absolute Gasteiger partial charge is 0.508 e. The van der Waals surface area contributed by atoms with E-state index in [4.69, 9.17) is 24.1 Å². The summed E-state index contributed by atoms with van der Waals surface area (Å²) in [7, 11) is 0. The second-order valence-corrected chi connectivity index (χ2v) is 3.76. The van der Waals surface area contributed by atoms with Gasteiger partial charge in [-0.3, -0.25) is 0 Å². The van der Waals surface area contributed by atoms with Crippen LogP contribution < -0.4 is 4.74 Å². The van der Waals surface area contributed by atoms with Crippen LogP contribution in [0.4, 0.5) is 0 Å². The molecule has 0 radical (unpaired) electrons. The zero-order valence-corrected chi connectivity index (χ0v) is 11.3. The molecule has 0 aliphatic rings. The fraction of sp³-hybridized carbons (Fsp3) is 0.571. The Morgan fingerprint density at radius 1 is 0.789 bits per heavy atom. The Balaban J connectivity index is 1.87. The second kappa shape index (κ2) is 10.6. The molecule has 1 rings (SSSR count). The smallest absolute Gasteiger partial charge is 0.119 e. The molecule has 0 aliphatic carbocycles. The van der Waals surface area contributed by atoms with Gasteiger partial charge in [0.15, 0.2) is 0 Å². The molecule has 19 heavy (non-hydrogen) atoms. The van der Waals surface area contributed by atoms with Crippen LogP contribution >= 0.6 is 0 Å². The molecule has 0 unspecified atom stereocenters. The van der Waals surface area contributed by atoms with E-state index < -0.39 is 0 Å². The van der Waals surface area contributed by atoms with Gasteiger partial charge in [-0.15, -0.1) is 0 Å². The van der Waals surface area contributed by atoms with E-state index in [-0.39, 0.29) is 5.75 Å². The number of benzene rings is 1. The van der Waals surface area contributed by atoms with Crippen molar-refractivity contribution >= 4 is 0 Å². The zero-order valence-electron chi connectivity index (χ0n) is 11.3. The van der Waals surface area contributed by atoms with Crippen molar-refractivity contribution in [2.75, 3.05) is 46.2 Å². The summed E-state index contributed by atoms with van der Waals surface area (Å²) in [6, 6.07) is 6.60. The minimum absolute atomic E-state index is 0.229. The van der Waals surface area contributed by atoms with Crippen molar-refractivity contribution in [2.24, 2.45) is 0 Å². The first kappa shape index (κ1) is 15.8. The Hall–Kier alpha value is -1.30. The average Bonchev–Trinajstić information content (AvgIpc) is 2.43. The van der Waals surface area contributed by atoms with Gasteiger partial charge in [0.25, 0.3) is 0 Å². The van der Waals surface area contributed by atoms with Crippen molar-refractivity contribution in [1.82, 2.24) is 0 Å². The number of phenols is 1. The van der Waals surface area contributed by atoms with Crippen molar-refractivity contribution in [2.45, 2.75) is 6.92 Å². The summed E-state index contributed by atoms with van der Waals surface area (Å²) in [5, 5.41) is 9.10. The number of aromatic hydroxyl groups is 1. The molecule has 0 saturated heterocycles. The predicted octanol–water partition coefficient (Wildman–Crippen LogP) is 1.84. The minimum atomic E-state index is 0.229. The molecule has 0 aliphatic heterocycles. The summed E-state index contributed by atoms with van der Waals surface area (Å²) in [6.07, 6.45) is 0. The quantitative estimate of drug-likeness (QED) is 0.622. The van der Waals surface area contributed by atoms with Gasteiger partial charge in [-0.2, -0.15) is 0 Å². The van der Waals surface area contributed by atoms with Crippen LogP contribution in [0.1, 0.15) is 6.92 Å². The molecule has 0 heterocycles. The Labute approximate surface area is 114 Å². The molecular weight excluding hydrogens is 248 g/mol. The van der Waals surface area contributed by atoms with Gasteiger partial charge in [0.05, 0.1) is 33.0 Å². The van der Waals surface area contributed by atoms with E-state index in [0.717, 1.165) is 5.75 Å². The number of phenolic OH excluding ortho intramolecular Hbond substituents is 1. The summed E-state index contributed by atoms with van der Waals surface area (Å²) in [5.74, 6) is 0.946. The molecule has 5 nitrogen and oxygen atoms in total. The molecule has 0 atom stereocenters. The SMILES string of the molecule is CCOCCOCCOCCOc1ccc(O)cc1. The zero-order chi connectivity index (χ0) is 13.8. The van der Waals surface area contributed by atoms with Gasteiger partial charge in [-0.05, 0) is 31.2 Å². The van der Waals surface area contributed by atoms with Crippen LogP contribution in [0.15, 0.2) is 24.3 Å². The molecule has 0 fully saturated rings. The van der Waals surface area contributed by atoms with E-state index in [2.05, 4.69) is 0 Å². The molecule has 108 valence electrons. The molecule has 5 heteroatoms. The van der Waals surface area contributed by atoms with Crippen molar-refractivity contribution < 1.29 is 24.1 Å². The lowest BCUT2D eigenvalue weighted by atomic mass is 10.3.